The number of rotatable bonds is 6. The van der Waals surface area contributed by atoms with Crippen LogP contribution in [0.3, 0.4) is 0 Å². The minimum Gasteiger partial charge on any atom is -0.494 e. The standard InChI is InChI=1S/C20H29F3N2O3/c1-5-27-17-7-6-16(20(21,22)23)10-15(17)13-25-9-8-14(12-25)11-24-18(26)28-19(2,3)4/h6-7,10,14H,5,8-9,11-13H2,1-4H3,(H,24,26)/t14-/m0/s1. The number of likely N-dealkylation sites (tertiary alicyclic amines) is 1. The monoisotopic (exact) mass is 402 g/mol. The third-order valence-corrected chi connectivity index (χ3v) is 4.39. The van der Waals surface area contributed by atoms with Crippen molar-refractivity contribution >= 4 is 6.09 Å². The predicted octanol–water partition coefficient (Wildman–Crippen LogP) is 4.45. The molecule has 1 fully saturated rings. The molecular formula is C20H29F3N2O3. The molecule has 1 aromatic rings. The van der Waals surface area contributed by atoms with E-state index in [-0.39, 0.29) is 5.92 Å². The van der Waals surface area contributed by atoms with Crippen LogP contribution in [0, 0.1) is 5.92 Å². The lowest BCUT2D eigenvalue weighted by atomic mass is 10.1. The number of nitrogens with one attached hydrogen (secondary N) is 1. The minimum absolute atomic E-state index is 0.230. The number of amides is 1. The highest BCUT2D eigenvalue weighted by Gasteiger charge is 2.32. The van der Waals surface area contributed by atoms with E-state index in [9.17, 15) is 18.0 Å². The second-order valence-corrected chi connectivity index (χ2v) is 8.03. The molecule has 0 saturated carbocycles. The Morgan fingerprint density at radius 1 is 1.29 bits per heavy atom. The minimum atomic E-state index is -4.38. The molecule has 0 aliphatic carbocycles. The van der Waals surface area contributed by atoms with Crippen molar-refractivity contribution in [1.29, 1.82) is 0 Å². The van der Waals surface area contributed by atoms with Crippen LogP contribution in [0.4, 0.5) is 18.0 Å². The summed E-state index contributed by atoms with van der Waals surface area (Å²) >= 11 is 0. The van der Waals surface area contributed by atoms with Crippen LogP contribution in [0.2, 0.25) is 0 Å². The summed E-state index contributed by atoms with van der Waals surface area (Å²) in [5.74, 6) is 0.708. The molecule has 5 nitrogen and oxygen atoms in total. The Labute approximate surface area is 164 Å². The number of benzene rings is 1. The predicted molar refractivity (Wildman–Crippen MR) is 100 cm³/mol. The van der Waals surface area contributed by atoms with Gasteiger partial charge < -0.3 is 14.8 Å². The SMILES string of the molecule is CCOc1ccc(C(F)(F)F)cc1CN1CC[C@@H](CNC(=O)OC(C)(C)C)C1. The number of hydrogen-bond donors (Lipinski definition) is 1. The van der Waals surface area contributed by atoms with Gasteiger partial charge in [0, 0.05) is 25.2 Å². The number of nitrogens with zero attached hydrogens (tertiary/aromatic N) is 1. The number of carbonyl (C=O) groups is 1. The van der Waals surface area contributed by atoms with Gasteiger partial charge in [-0.3, -0.25) is 4.90 Å². The third-order valence-electron chi connectivity index (χ3n) is 4.39. The van der Waals surface area contributed by atoms with Gasteiger partial charge in [-0.05, 0) is 64.8 Å². The van der Waals surface area contributed by atoms with E-state index >= 15 is 0 Å². The van der Waals surface area contributed by atoms with E-state index in [0.717, 1.165) is 25.1 Å². The van der Waals surface area contributed by atoms with Gasteiger partial charge in [-0.15, -0.1) is 0 Å². The lowest BCUT2D eigenvalue weighted by Gasteiger charge is -2.21. The maximum atomic E-state index is 13.0. The van der Waals surface area contributed by atoms with Crippen molar-refractivity contribution in [3.8, 4) is 5.75 Å². The van der Waals surface area contributed by atoms with Crippen LogP contribution >= 0.6 is 0 Å². The maximum absolute atomic E-state index is 13.0. The molecule has 0 radical (unpaired) electrons. The first-order valence-corrected chi connectivity index (χ1v) is 9.50. The van der Waals surface area contributed by atoms with E-state index in [0.29, 0.717) is 37.6 Å². The Morgan fingerprint density at radius 2 is 2.00 bits per heavy atom. The lowest BCUT2D eigenvalue weighted by molar-refractivity contribution is -0.137. The van der Waals surface area contributed by atoms with Crippen molar-refractivity contribution in [3.05, 3.63) is 29.3 Å². The first-order valence-electron chi connectivity index (χ1n) is 9.50. The van der Waals surface area contributed by atoms with Crippen LogP contribution in [0.15, 0.2) is 18.2 Å². The summed E-state index contributed by atoms with van der Waals surface area (Å²) < 4.78 is 49.9. The molecular weight excluding hydrogens is 373 g/mol. The molecule has 1 aromatic carbocycles. The number of hydrogen-bond acceptors (Lipinski definition) is 4. The summed E-state index contributed by atoms with van der Waals surface area (Å²) in [7, 11) is 0. The fourth-order valence-electron chi connectivity index (χ4n) is 3.18. The van der Waals surface area contributed by atoms with Crippen molar-refractivity contribution in [2.45, 2.75) is 52.4 Å². The number of alkyl carbamates (subject to hydrolysis) is 1. The van der Waals surface area contributed by atoms with Gasteiger partial charge in [0.15, 0.2) is 0 Å². The zero-order chi connectivity index (χ0) is 20.9. The molecule has 1 heterocycles. The van der Waals surface area contributed by atoms with Crippen LogP contribution in [-0.2, 0) is 17.5 Å². The number of carbonyl (C=O) groups excluding carboxylic acids is 1. The average Bonchev–Trinajstić information content (AvgIpc) is 3.00. The van der Waals surface area contributed by atoms with Crippen molar-refractivity contribution in [2.75, 3.05) is 26.2 Å². The highest BCUT2D eigenvalue weighted by atomic mass is 19.4. The van der Waals surface area contributed by atoms with E-state index < -0.39 is 23.4 Å². The zero-order valence-electron chi connectivity index (χ0n) is 16.9. The summed E-state index contributed by atoms with van der Waals surface area (Å²) in [5.41, 5.74) is -0.698. The van der Waals surface area contributed by atoms with Crippen molar-refractivity contribution in [3.63, 3.8) is 0 Å². The summed E-state index contributed by atoms with van der Waals surface area (Å²) in [6.07, 6.45) is -3.98. The largest absolute Gasteiger partial charge is 0.494 e. The highest BCUT2D eigenvalue weighted by Crippen LogP contribution is 2.33. The van der Waals surface area contributed by atoms with Gasteiger partial charge in [0.05, 0.1) is 12.2 Å². The number of halogens is 3. The van der Waals surface area contributed by atoms with E-state index in [4.69, 9.17) is 9.47 Å². The topological polar surface area (TPSA) is 50.8 Å². The number of ether oxygens (including phenoxy) is 2. The van der Waals surface area contributed by atoms with Crippen molar-refractivity contribution in [1.82, 2.24) is 10.2 Å². The van der Waals surface area contributed by atoms with Crippen LogP contribution < -0.4 is 10.1 Å². The van der Waals surface area contributed by atoms with Crippen molar-refractivity contribution < 1.29 is 27.4 Å². The third kappa shape index (κ3) is 6.89. The fourth-order valence-corrected chi connectivity index (χ4v) is 3.18. The van der Waals surface area contributed by atoms with Gasteiger partial charge >= 0.3 is 12.3 Å². The highest BCUT2D eigenvalue weighted by molar-refractivity contribution is 5.67. The van der Waals surface area contributed by atoms with Crippen molar-refractivity contribution in [2.24, 2.45) is 5.92 Å². The average molecular weight is 402 g/mol. The van der Waals surface area contributed by atoms with Crippen LogP contribution in [0.1, 0.15) is 45.2 Å². The van der Waals surface area contributed by atoms with E-state index in [1.54, 1.807) is 27.7 Å². The van der Waals surface area contributed by atoms with Gasteiger partial charge in [0.1, 0.15) is 11.4 Å². The Hall–Kier alpha value is -1.96. The molecule has 1 atom stereocenters. The normalized spacial score (nSPS) is 18.2. The Kier molecular flexibility index (Phi) is 7.20. The number of alkyl halides is 3. The molecule has 1 amide bonds. The smallest absolute Gasteiger partial charge is 0.416 e. The Bertz CT molecular complexity index is 672. The Morgan fingerprint density at radius 3 is 2.61 bits per heavy atom. The van der Waals surface area contributed by atoms with E-state index in [1.807, 2.05) is 0 Å². The summed E-state index contributed by atoms with van der Waals surface area (Å²) in [5, 5.41) is 2.76. The molecule has 8 heteroatoms. The van der Waals surface area contributed by atoms with Crippen LogP contribution in [-0.4, -0.2) is 42.8 Å². The molecule has 2 rings (SSSR count). The van der Waals surface area contributed by atoms with Gasteiger partial charge in [-0.2, -0.15) is 13.2 Å². The van der Waals surface area contributed by atoms with Gasteiger partial charge in [0.25, 0.3) is 0 Å². The van der Waals surface area contributed by atoms with Gasteiger partial charge in [-0.25, -0.2) is 4.79 Å². The zero-order valence-corrected chi connectivity index (χ0v) is 16.9. The fraction of sp³-hybridized carbons (Fsp3) is 0.650. The molecule has 0 unspecified atom stereocenters. The quantitative estimate of drug-likeness (QED) is 0.764. The Balaban J connectivity index is 1.94. The van der Waals surface area contributed by atoms with E-state index in [2.05, 4.69) is 10.2 Å². The van der Waals surface area contributed by atoms with Gasteiger partial charge in [-0.1, -0.05) is 0 Å². The second-order valence-electron chi connectivity index (χ2n) is 8.03. The molecule has 1 N–H and O–H groups in total. The first-order chi connectivity index (χ1) is 13.0. The maximum Gasteiger partial charge on any atom is 0.416 e. The summed E-state index contributed by atoms with van der Waals surface area (Å²) in [6, 6.07) is 3.60. The molecule has 1 aliphatic heterocycles. The summed E-state index contributed by atoms with van der Waals surface area (Å²) in [6.45, 7) is 9.89. The molecule has 0 spiro atoms. The van der Waals surface area contributed by atoms with Gasteiger partial charge in [0.2, 0.25) is 0 Å². The summed E-state index contributed by atoms with van der Waals surface area (Å²) in [4.78, 5) is 13.8. The second kappa shape index (κ2) is 9.03. The van der Waals surface area contributed by atoms with E-state index in [1.165, 1.54) is 6.07 Å². The lowest BCUT2D eigenvalue weighted by Crippen LogP contribution is -2.36. The van der Waals surface area contributed by atoms with Crippen LogP contribution in [0.25, 0.3) is 0 Å². The molecule has 1 aliphatic rings. The molecule has 158 valence electrons. The van der Waals surface area contributed by atoms with Crippen LogP contribution in [0.5, 0.6) is 5.75 Å². The molecule has 28 heavy (non-hydrogen) atoms. The first kappa shape index (κ1) is 22.3. The molecule has 1 saturated heterocycles. The molecule has 0 bridgehead atoms. The molecule has 0 aromatic heterocycles.